The van der Waals surface area contributed by atoms with Gasteiger partial charge in [-0.1, -0.05) is 74.2 Å². The van der Waals surface area contributed by atoms with Crippen LogP contribution in [0, 0.1) is 0 Å². The smallest absolute Gasteiger partial charge is 0.0185 e. The second-order valence-electron chi connectivity index (χ2n) is 5.36. The zero-order valence-corrected chi connectivity index (χ0v) is 13.0. The maximum absolute atomic E-state index is 2.39. The van der Waals surface area contributed by atoms with E-state index in [1.807, 2.05) is 0 Å². The van der Waals surface area contributed by atoms with Gasteiger partial charge in [-0.2, -0.15) is 0 Å². The van der Waals surface area contributed by atoms with E-state index < -0.39 is 0 Å². The molecule has 0 aromatic heterocycles. The first kappa shape index (κ1) is 15.8. The summed E-state index contributed by atoms with van der Waals surface area (Å²) in [5.41, 5.74) is 5.73. The highest BCUT2D eigenvalue weighted by Crippen LogP contribution is 2.24. The van der Waals surface area contributed by atoms with Crippen molar-refractivity contribution < 1.29 is 0 Å². The lowest BCUT2D eigenvalue weighted by Gasteiger charge is -2.10. The molecule has 0 heteroatoms. The summed E-state index contributed by atoms with van der Waals surface area (Å²) in [6.45, 7) is 9.01. The second kappa shape index (κ2) is 8.74. The van der Waals surface area contributed by atoms with E-state index in [4.69, 9.17) is 0 Å². The fourth-order valence-corrected chi connectivity index (χ4v) is 2.23. The number of benzene rings is 1. The molecule has 0 spiro atoms. The molecule has 0 saturated carbocycles. The van der Waals surface area contributed by atoms with Crippen molar-refractivity contribution in [2.24, 2.45) is 0 Å². The third kappa shape index (κ3) is 5.46. The van der Waals surface area contributed by atoms with Crippen molar-refractivity contribution in [1.82, 2.24) is 0 Å². The Balaban J connectivity index is 2.92. The number of allylic oxidation sites excluding steroid dienone is 4. The number of rotatable bonds is 7. The van der Waals surface area contributed by atoms with Crippen LogP contribution in [0.15, 0.2) is 47.6 Å². The van der Waals surface area contributed by atoms with Crippen LogP contribution in [0.5, 0.6) is 0 Å². The molecule has 0 radical (unpaired) electrons. The zero-order valence-electron chi connectivity index (χ0n) is 13.0. The average Bonchev–Trinajstić information content (AvgIpc) is 2.45. The van der Waals surface area contributed by atoms with Gasteiger partial charge in [0.05, 0.1) is 0 Å². The van der Waals surface area contributed by atoms with Crippen molar-refractivity contribution in [2.75, 3.05) is 0 Å². The summed E-state index contributed by atoms with van der Waals surface area (Å²) < 4.78 is 0. The van der Waals surface area contributed by atoms with Crippen molar-refractivity contribution in [1.29, 1.82) is 0 Å². The molecular weight excluding hydrogens is 228 g/mol. The van der Waals surface area contributed by atoms with Gasteiger partial charge in [-0.3, -0.25) is 0 Å². The maximum atomic E-state index is 2.39. The summed E-state index contributed by atoms with van der Waals surface area (Å²) in [7, 11) is 0. The molecule has 0 heterocycles. The van der Waals surface area contributed by atoms with Crippen LogP contribution >= 0.6 is 0 Å². The summed E-state index contributed by atoms with van der Waals surface area (Å²) >= 11 is 0. The maximum Gasteiger partial charge on any atom is -0.0185 e. The largest absolute Gasteiger partial charge is 0.0727 e. The molecule has 0 amide bonds. The van der Waals surface area contributed by atoms with E-state index in [9.17, 15) is 0 Å². The average molecular weight is 256 g/mol. The van der Waals surface area contributed by atoms with Gasteiger partial charge >= 0.3 is 0 Å². The Hall–Kier alpha value is -1.30. The van der Waals surface area contributed by atoms with Gasteiger partial charge in [0.2, 0.25) is 0 Å². The minimum absolute atomic E-state index is 1.11. The number of hydrogen-bond donors (Lipinski definition) is 0. The van der Waals surface area contributed by atoms with Crippen LogP contribution in [0.3, 0.4) is 0 Å². The molecule has 0 atom stereocenters. The summed E-state index contributed by atoms with van der Waals surface area (Å²) in [5, 5.41) is 0. The van der Waals surface area contributed by atoms with Crippen LogP contribution in [0.4, 0.5) is 0 Å². The first-order valence-electron chi connectivity index (χ1n) is 7.61. The lowest BCUT2D eigenvalue weighted by Crippen LogP contribution is -1.88. The molecule has 0 N–H and O–H groups in total. The van der Waals surface area contributed by atoms with Crippen LogP contribution in [-0.4, -0.2) is 0 Å². The number of hydrogen-bond acceptors (Lipinski definition) is 0. The van der Waals surface area contributed by atoms with Crippen LogP contribution in [0.25, 0.3) is 5.57 Å². The SMILES string of the molecule is CCCCCC(C)=CC(=C(C)CC)c1ccccc1. The van der Waals surface area contributed by atoms with Gasteiger partial charge < -0.3 is 0 Å². The Bertz CT molecular complexity index is 421. The van der Waals surface area contributed by atoms with E-state index in [1.54, 1.807) is 0 Å². The minimum atomic E-state index is 1.11. The summed E-state index contributed by atoms with van der Waals surface area (Å²) in [4.78, 5) is 0. The van der Waals surface area contributed by atoms with Crippen molar-refractivity contribution in [3.05, 3.63) is 53.1 Å². The highest BCUT2D eigenvalue weighted by Gasteiger charge is 2.03. The van der Waals surface area contributed by atoms with Gasteiger partial charge in [-0.25, -0.2) is 0 Å². The Labute approximate surface area is 119 Å². The Morgan fingerprint density at radius 2 is 1.68 bits per heavy atom. The van der Waals surface area contributed by atoms with Crippen LogP contribution in [0.1, 0.15) is 65.4 Å². The third-order valence-electron chi connectivity index (χ3n) is 3.64. The van der Waals surface area contributed by atoms with Gasteiger partial charge in [0.15, 0.2) is 0 Å². The molecule has 1 aromatic carbocycles. The predicted molar refractivity (Wildman–Crippen MR) is 87.2 cm³/mol. The van der Waals surface area contributed by atoms with E-state index in [0.717, 1.165) is 6.42 Å². The normalized spacial score (nSPS) is 13.4. The molecular formula is C19H28. The van der Waals surface area contributed by atoms with Gasteiger partial charge in [0, 0.05) is 0 Å². The molecule has 19 heavy (non-hydrogen) atoms. The van der Waals surface area contributed by atoms with E-state index in [-0.39, 0.29) is 0 Å². The fraction of sp³-hybridized carbons (Fsp3) is 0.474. The summed E-state index contributed by atoms with van der Waals surface area (Å²) in [5.74, 6) is 0. The zero-order chi connectivity index (χ0) is 14.1. The van der Waals surface area contributed by atoms with Gasteiger partial charge in [0.25, 0.3) is 0 Å². The quantitative estimate of drug-likeness (QED) is 0.391. The minimum Gasteiger partial charge on any atom is -0.0727 e. The summed E-state index contributed by atoms with van der Waals surface area (Å²) in [6, 6.07) is 10.8. The second-order valence-corrected chi connectivity index (χ2v) is 5.36. The highest BCUT2D eigenvalue weighted by molar-refractivity contribution is 5.76. The number of unbranched alkanes of at least 4 members (excludes halogenated alkanes) is 2. The first-order valence-corrected chi connectivity index (χ1v) is 7.61. The lowest BCUT2D eigenvalue weighted by atomic mass is 9.96. The molecule has 0 nitrogen and oxygen atoms in total. The standard InChI is InChI=1S/C19H28/c1-5-7-9-12-16(3)15-19(17(4)6-2)18-13-10-8-11-14-18/h8,10-11,13-15H,5-7,9,12H2,1-4H3. The van der Waals surface area contributed by atoms with E-state index >= 15 is 0 Å². The summed E-state index contributed by atoms with van der Waals surface area (Å²) in [6.07, 6.45) is 8.67. The molecule has 0 bridgehead atoms. The first-order chi connectivity index (χ1) is 9.19. The molecule has 104 valence electrons. The van der Waals surface area contributed by atoms with Crippen molar-refractivity contribution in [3.63, 3.8) is 0 Å². The Morgan fingerprint density at radius 1 is 1.00 bits per heavy atom. The molecule has 1 rings (SSSR count). The Kier molecular flexibility index (Phi) is 7.25. The molecule has 0 aliphatic carbocycles. The van der Waals surface area contributed by atoms with E-state index in [1.165, 1.54) is 48.0 Å². The van der Waals surface area contributed by atoms with Gasteiger partial charge in [0.1, 0.15) is 0 Å². The van der Waals surface area contributed by atoms with Gasteiger partial charge in [-0.15, -0.1) is 0 Å². The predicted octanol–water partition coefficient (Wildman–Crippen LogP) is 6.40. The van der Waals surface area contributed by atoms with Crippen molar-refractivity contribution in [3.8, 4) is 0 Å². The third-order valence-corrected chi connectivity index (χ3v) is 3.64. The van der Waals surface area contributed by atoms with Crippen LogP contribution in [0.2, 0.25) is 0 Å². The molecule has 0 aliphatic heterocycles. The molecule has 0 unspecified atom stereocenters. The molecule has 0 saturated heterocycles. The van der Waals surface area contributed by atoms with Crippen LogP contribution < -0.4 is 0 Å². The van der Waals surface area contributed by atoms with E-state index in [2.05, 4.69) is 64.1 Å². The van der Waals surface area contributed by atoms with Crippen molar-refractivity contribution >= 4 is 5.57 Å². The fourth-order valence-electron chi connectivity index (χ4n) is 2.23. The Morgan fingerprint density at radius 3 is 2.26 bits per heavy atom. The monoisotopic (exact) mass is 256 g/mol. The van der Waals surface area contributed by atoms with Crippen molar-refractivity contribution in [2.45, 2.75) is 59.8 Å². The highest BCUT2D eigenvalue weighted by atomic mass is 14.1. The topological polar surface area (TPSA) is 0 Å². The molecule has 0 aliphatic rings. The van der Waals surface area contributed by atoms with E-state index in [0.29, 0.717) is 0 Å². The van der Waals surface area contributed by atoms with Crippen LogP contribution in [-0.2, 0) is 0 Å². The molecule has 1 aromatic rings. The van der Waals surface area contributed by atoms with Gasteiger partial charge in [-0.05, 0) is 44.2 Å². The molecule has 0 fully saturated rings. The lowest BCUT2D eigenvalue weighted by molar-refractivity contribution is 0.713.